The van der Waals surface area contributed by atoms with Gasteiger partial charge in [-0.2, -0.15) is 0 Å². The lowest BCUT2D eigenvalue weighted by molar-refractivity contribution is 0.0906. The van der Waals surface area contributed by atoms with Crippen LogP contribution in [0, 0.1) is 0 Å². The number of carbonyl (C=O) groups excluding carboxylic acids is 1. The van der Waals surface area contributed by atoms with Crippen LogP contribution < -0.4 is 11.1 Å². The van der Waals surface area contributed by atoms with E-state index in [1.807, 2.05) is 0 Å². The number of hydrogen-bond donors (Lipinski definition) is 4. The van der Waals surface area contributed by atoms with E-state index in [2.05, 4.69) is 5.32 Å². The van der Waals surface area contributed by atoms with Crippen LogP contribution in [0.3, 0.4) is 0 Å². The number of anilines is 1. The Hall–Kier alpha value is -1.75. The number of benzene rings is 1. The molecule has 2 rings (SSSR count). The quantitative estimate of drug-likeness (QED) is 0.435. The maximum Gasteiger partial charge on any atom is 0.251 e. The van der Waals surface area contributed by atoms with Gasteiger partial charge in [0, 0.05) is 5.56 Å². The van der Waals surface area contributed by atoms with E-state index in [0.717, 1.165) is 12.8 Å². The van der Waals surface area contributed by atoms with Gasteiger partial charge in [0.15, 0.2) is 0 Å². The van der Waals surface area contributed by atoms with E-state index in [1.54, 1.807) is 0 Å². The van der Waals surface area contributed by atoms with Crippen molar-refractivity contribution in [1.29, 1.82) is 0 Å². The molecular formula is C11H14N2O3. The summed E-state index contributed by atoms with van der Waals surface area (Å²) in [7, 11) is 0. The third kappa shape index (κ3) is 1.94. The predicted octanol–water partition coefficient (Wildman–Crippen LogP) is 0.229. The summed E-state index contributed by atoms with van der Waals surface area (Å²) in [6.07, 6.45) is 1.58. The van der Waals surface area contributed by atoms with Crippen LogP contribution in [0.15, 0.2) is 18.2 Å². The Morgan fingerprint density at radius 3 is 2.69 bits per heavy atom. The fourth-order valence-corrected chi connectivity index (χ4v) is 1.47. The molecule has 0 aromatic heterocycles. The fourth-order valence-electron chi connectivity index (χ4n) is 1.47. The zero-order valence-electron chi connectivity index (χ0n) is 8.73. The fraction of sp³-hybridized carbons (Fsp3) is 0.364. The Kier molecular flexibility index (Phi) is 2.47. The molecule has 5 N–H and O–H groups in total. The second-order valence-electron chi connectivity index (χ2n) is 4.17. The number of carbonyl (C=O) groups is 1. The van der Waals surface area contributed by atoms with Crippen molar-refractivity contribution in [2.45, 2.75) is 18.4 Å². The largest absolute Gasteiger partial charge is 0.506 e. The van der Waals surface area contributed by atoms with Gasteiger partial charge in [-0.05, 0) is 31.0 Å². The van der Waals surface area contributed by atoms with Gasteiger partial charge < -0.3 is 21.3 Å². The first kappa shape index (κ1) is 10.8. The van der Waals surface area contributed by atoms with E-state index in [4.69, 9.17) is 10.8 Å². The van der Waals surface area contributed by atoms with Gasteiger partial charge in [-0.3, -0.25) is 4.79 Å². The maximum absolute atomic E-state index is 11.7. The third-order valence-electron chi connectivity index (χ3n) is 2.83. The SMILES string of the molecule is Nc1ccc(C(=O)NC2(CO)CC2)cc1O. The molecule has 1 aromatic carbocycles. The van der Waals surface area contributed by atoms with E-state index in [0.29, 0.717) is 5.56 Å². The highest BCUT2D eigenvalue weighted by Crippen LogP contribution is 2.35. The van der Waals surface area contributed by atoms with E-state index < -0.39 is 5.54 Å². The van der Waals surface area contributed by atoms with E-state index in [9.17, 15) is 9.90 Å². The lowest BCUT2D eigenvalue weighted by atomic mass is 10.1. The topological polar surface area (TPSA) is 95.6 Å². The van der Waals surface area contributed by atoms with Crippen LogP contribution in [0.25, 0.3) is 0 Å². The Labute approximate surface area is 92.9 Å². The molecule has 0 aliphatic heterocycles. The molecule has 0 spiro atoms. The van der Waals surface area contributed by atoms with Crippen molar-refractivity contribution in [1.82, 2.24) is 5.32 Å². The van der Waals surface area contributed by atoms with Gasteiger partial charge in [-0.15, -0.1) is 0 Å². The van der Waals surface area contributed by atoms with Gasteiger partial charge >= 0.3 is 0 Å². The molecule has 0 bridgehead atoms. The zero-order chi connectivity index (χ0) is 11.8. The zero-order valence-corrected chi connectivity index (χ0v) is 8.73. The van der Waals surface area contributed by atoms with E-state index >= 15 is 0 Å². The standard InChI is InChI=1S/C11H14N2O3/c12-8-2-1-7(5-9(8)15)10(16)13-11(6-14)3-4-11/h1-2,5,14-15H,3-4,6,12H2,(H,13,16). The minimum atomic E-state index is -0.450. The Bertz CT molecular complexity index is 427. The monoisotopic (exact) mass is 222 g/mol. The summed E-state index contributed by atoms with van der Waals surface area (Å²) < 4.78 is 0. The summed E-state index contributed by atoms with van der Waals surface area (Å²) in [5.74, 6) is -0.414. The molecule has 16 heavy (non-hydrogen) atoms. The number of nitrogens with one attached hydrogen (secondary N) is 1. The van der Waals surface area contributed by atoms with Crippen molar-refractivity contribution in [2.75, 3.05) is 12.3 Å². The molecule has 0 radical (unpaired) electrons. The molecule has 1 amide bonds. The van der Waals surface area contributed by atoms with Crippen molar-refractivity contribution in [3.63, 3.8) is 0 Å². The van der Waals surface area contributed by atoms with Crippen LogP contribution in [0.1, 0.15) is 23.2 Å². The average Bonchev–Trinajstić information content (AvgIpc) is 3.02. The van der Waals surface area contributed by atoms with Crippen molar-refractivity contribution in [3.8, 4) is 5.75 Å². The van der Waals surface area contributed by atoms with Gasteiger partial charge in [0.25, 0.3) is 5.91 Å². The summed E-state index contributed by atoms with van der Waals surface area (Å²) in [6, 6.07) is 4.33. The maximum atomic E-state index is 11.7. The first-order valence-electron chi connectivity index (χ1n) is 5.08. The Morgan fingerprint density at radius 1 is 1.50 bits per heavy atom. The minimum Gasteiger partial charge on any atom is -0.506 e. The van der Waals surface area contributed by atoms with Crippen LogP contribution >= 0.6 is 0 Å². The van der Waals surface area contributed by atoms with Crippen LogP contribution in [0.5, 0.6) is 5.75 Å². The molecule has 0 atom stereocenters. The number of phenolic OH excluding ortho intramolecular Hbond substituents is 1. The van der Waals surface area contributed by atoms with Crippen LogP contribution in [-0.4, -0.2) is 28.3 Å². The number of aliphatic hydroxyl groups is 1. The molecular weight excluding hydrogens is 208 g/mol. The lowest BCUT2D eigenvalue weighted by Gasteiger charge is -2.14. The molecule has 0 saturated heterocycles. The number of nitrogens with two attached hydrogens (primary N) is 1. The number of phenols is 1. The summed E-state index contributed by atoms with van der Waals surface area (Å²) in [5.41, 5.74) is 5.56. The van der Waals surface area contributed by atoms with Gasteiger partial charge in [-0.1, -0.05) is 0 Å². The number of nitrogen functional groups attached to an aromatic ring is 1. The smallest absolute Gasteiger partial charge is 0.251 e. The summed E-state index contributed by atoms with van der Waals surface area (Å²) >= 11 is 0. The Morgan fingerprint density at radius 2 is 2.19 bits per heavy atom. The average molecular weight is 222 g/mol. The molecule has 1 aromatic rings. The van der Waals surface area contributed by atoms with Crippen molar-refractivity contribution >= 4 is 11.6 Å². The second kappa shape index (κ2) is 3.68. The summed E-state index contributed by atoms with van der Waals surface area (Å²) in [5, 5.41) is 21.2. The molecule has 1 aliphatic carbocycles. The number of amides is 1. The van der Waals surface area contributed by atoms with Gasteiger partial charge in [0.2, 0.25) is 0 Å². The number of hydrogen-bond acceptors (Lipinski definition) is 4. The number of aromatic hydroxyl groups is 1. The molecule has 0 heterocycles. The lowest BCUT2D eigenvalue weighted by Crippen LogP contribution is -2.39. The number of rotatable bonds is 3. The molecule has 1 saturated carbocycles. The van der Waals surface area contributed by atoms with Gasteiger partial charge in [0.05, 0.1) is 17.8 Å². The highest BCUT2D eigenvalue weighted by atomic mass is 16.3. The van der Waals surface area contributed by atoms with Crippen molar-refractivity contribution in [3.05, 3.63) is 23.8 Å². The Balaban J connectivity index is 2.12. The number of aliphatic hydroxyl groups excluding tert-OH is 1. The molecule has 5 heteroatoms. The van der Waals surface area contributed by atoms with Crippen LogP contribution in [0.2, 0.25) is 0 Å². The summed E-state index contributed by atoms with van der Waals surface area (Å²) in [4.78, 5) is 11.7. The van der Waals surface area contributed by atoms with Crippen LogP contribution in [0.4, 0.5) is 5.69 Å². The van der Waals surface area contributed by atoms with Crippen LogP contribution in [-0.2, 0) is 0 Å². The molecule has 5 nitrogen and oxygen atoms in total. The second-order valence-corrected chi connectivity index (χ2v) is 4.17. The first-order valence-corrected chi connectivity index (χ1v) is 5.08. The highest BCUT2D eigenvalue weighted by Gasteiger charge is 2.43. The highest BCUT2D eigenvalue weighted by molar-refractivity contribution is 5.95. The minimum absolute atomic E-state index is 0.0559. The normalized spacial score (nSPS) is 16.8. The van der Waals surface area contributed by atoms with E-state index in [-0.39, 0.29) is 24.0 Å². The van der Waals surface area contributed by atoms with Crippen molar-refractivity contribution < 1.29 is 15.0 Å². The first-order chi connectivity index (χ1) is 7.56. The summed E-state index contributed by atoms with van der Waals surface area (Å²) in [6.45, 7) is -0.0559. The van der Waals surface area contributed by atoms with Gasteiger partial charge in [-0.25, -0.2) is 0 Å². The third-order valence-corrected chi connectivity index (χ3v) is 2.83. The van der Waals surface area contributed by atoms with E-state index in [1.165, 1.54) is 18.2 Å². The molecule has 1 fully saturated rings. The predicted molar refractivity (Wildman–Crippen MR) is 59.0 cm³/mol. The molecule has 0 unspecified atom stereocenters. The van der Waals surface area contributed by atoms with Gasteiger partial charge in [0.1, 0.15) is 5.75 Å². The van der Waals surface area contributed by atoms with Crippen molar-refractivity contribution in [2.24, 2.45) is 0 Å². The molecule has 86 valence electrons. The molecule has 1 aliphatic rings.